The lowest BCUT2D eigenvalue weighted by Crippen LogP contribution is -2.09. The van der Waals surface area contributed by atoms with Crippen LogP contribution in [0.1, 0.15) is 18.0 Å². The monoisotopic (exact) mass is 195 g/mol. The molecule has 76 valence electrons. The van der Waals surface area contributed by atoms with Gasteiger partial charge in [0, 0.05) is 18.2 Å². The summed E-state index contributed by atoms with van der Waals surface area (Å²) in [4.78, 5) is 0. The molecule has 4 heteroatoms. The molecule has 0 saturated carbocycles. The molecule has 0 aliphatic carbocycles. The summed E-state index contributed by atoms with van der Waals surface area (Å²) in [5.41, 5.74) is 5.91. The van der Waals surface area contributed by atoms with Gasteiger partial charge >= 0.3 is 0 Å². The van der Waals surface area contributed by atoms with Crippen LogP contribution < -0.4 is 5.73 Å². The molecule has 0 aliphatic rings. The number of nitrogens with two attached hydrogens (primary N) is 1. The Kier molecular flexibility index (Phi) is 2.99. The topological polar surface area (TPSA) is 86.7 Å². The molecule has 14 heavy (non-hydrogen) atoms. The summed E-state index contributed by atoms with van der Waals surface area (Å²) < 4.78 is 0. The number of aromatic hydroxyl groups is 3. The highest BCUT2D eigenvalue weighted by Crippen LogP contribution is 2.36. The number of hydrogen-bond donors (Lipinski definition) is 4. The maximum atomic E-state index is 9.43. The van der Waals surface area contributed by atoms with Crippen molar-refractivity contribution in [2.24, 2.45) is 5.73 Å². The van der Waals surface area contributed by atoms with Gasteiger partial charge in [0.25, 0.3) is 0 Å². The van der Waals surface area contributed by atoms with Gasteiger partial charge < -0.3 is 21.1 Å². The second-order valence-corrected chi connectivity index (χ2v) is 3.03. The molecule has 0 saturated heterocycles. The molecule has 0 amide bonds. The highest BCUT2D eigenvalue weighted by Gasteiger charge is 2.15. The lowest BCUT2D eigenvalue weighted by Gasteiger charge is -2.13. The van der Waals surface area contributed by atoms with Crippen LogP contribution in [-0.4, -0.2) is 15.3 Å². The summed E-state index contributed by atoms with van der Waals surface area (Å²) >= 11 is 0. The van der Waals surface area contributed by atoms with Crippen molar-refractivity contribution in [1.29, 1.82) is 0 Å². The van der Waals surface area contributed by atoms with E-state index in [4.69, 9.17) is 10.8 Å². The minimum absolute atomic E-state index is 0.199. The quantitative estimate of drug-likeness (QED) is 0.549. The summed E-state index contributed by atoms with van der Waals surface area (Å²) in [5, 5.41) is 27.9. The number of phenols is 3. The zero-order valence-corrected chi connectivity index (χ0v) is 7.64. The second kappa shape index (κ2) is 4.02. The standard InChI is InChI=1S/C10H13NO3/c1-2-3-7(11)10-8(13)4-6(12)5-9(10)14/h2,4-5,7,12-14H,1,3,11H2/t7-/m1/s1. The van der Waals surface area contributed by atoms with Crippen molar-refractivity contribution in [3.8, 4) is 17.2 Å². The van der Waals surface area contributed by atoms with Crippen LogP contribution in [0.5, 0.6) is 17.2 Å². The number of benzene rings is 1. The lowest BCUT2D eigenvalue weighted by molar-refractivity contribution is 0.412. The molecule has 1 aromatic rings. The fourth-order valence-electron chi connectivity index (χ4n) is 1.29. The van der Waals surface area contributed by atoms with Gasteiger partial charge in [-0.2, -0.15) is 0 Å². The zero-order chi connectivity index (χ0) is 10.7. The van der Waals surface area contributed by atoms with Crippen LogP contribution in [0.3, 0.4) is 0 Å². The first-order chi connectivity index (χ1) is 6.56. The maximum absolute atomic E-state index is 9.43. The van der Waals surface area contributed by atoms with Crippen LogP contribution in [0.2, 0.25) is 0 Å². The van der Waals surface area contributed by atoms with Gasteiger partial charge in [-0.05, 0) is 6.42 Å². The Morgan fingerprint density at radius 2 is 1.79 bits per heavy atom. The van der Waals surface area contributed by atoms with Crippen molar-refractivity contribution in [1.82, 2.24) is 0 Å². The molecule has 0 fully saturated rings. The number of hydrogen-bond acceptors (Lipinski definition) is 4. The van der Waals surface area contributed by atoms with Crippen LogP contribution in [0.25, 0.3) is 0 Å². The van der Waals surface area contributed by atoms with Crippen molar-refractivity contribution in [2.45, 2.75) is 12.5 Å². The highest BCUT2D eigenvalue weighted by molar-refractivity contribution is 5.50. The molecular weight excluding hydrogens is 182 g/mol. The van der Waals surface area contributed by atoms with E-state index in [2.05, 4.69) is 6.58 Å². The predicted octanol–water partition coefficient (Wildman–Crippen LogP) is 1.38. The molecule has 0 spiro atoms. The van der Waals surface area contributed by atoms with E-state index in [1.807, 2.05) is 0 Å². The Morgan fingerprint density at radius 1 is 1.29 bits per heavy atom. The Bertz CT molecular complexity index is 326. The average molecular weight is 195 g/mol. The average Bonchev–Trinajstić information content (AvgIpc) is 2.01. The van der Waals surface area contributed by atoms with Crippen molar-refractivity contribution in [2.75, 3.05) is 0 Å². The maximum Gasteiger partial charge on any atom is 0.127 e. The third-order valence-corrected chi connectivity index (χ3v) is 1.91. The highest BCUT2D eigenvalue weighted by atomic mass is 16.3. The van der Waals surface area contributed by atoms with Crippen LogP contribution in [0.4, 0.5) is 0 Å². The van der Waals surface area contributed by atoms with E-state index in [1.165, 1.54) is 0 Å². The van der Waals surface area contributed by atoms with E-state index in [1.54, 1.807) is 6.08 Å². The number of rotatable bonds is 3. The molecule has 0 unspecified atom stereocenters. The van der Waals surface area contributed by atoms with Crippen molar-refractivity contribution >= 4 is 0 Å². The predicted molar refractivity (Wildman–Crippen MR) is 53.2 cm³/mol. The molecule has 1 atom stereocenters. The molecule has 4 nitrogen and oxygen atoms in total. The fourth-order valence-corrected chi connectivity index (χ4v) is 1.29. The molecule has 0 aliphatic heterocycles. The fraction of sp³-hybridized carbons (Fsp3) is 0.200. The first-order valence-electron chi connectivity index (χ1n) is 4.17. The normalized spacial score (nSPS) is 12.4. The summed E-state index contributed by atoms with van der Waals surface area (Å²) in [7, 11) is 0. The lowest BCUT2D eigenvalue weighted by atomic mass is 10.0. The summed E-state index contributed by atoms with van der Waals surface area (Å²) in [6, 6.07) is 1.75. The molecule has 0 aromatic heterocycles. The molecule has 0 radical (unpaired) electrons. The van der Waals surface area contributed by atoms with Crippen molar-refractivity contribution in [3.05, 3.63) is 30.4 Å². The molecule has 0 bridgehead atoms. The Hall–Kier alpha value is -1.68. The summed E-state index contributed by atoms with van der Waals surface area (Å²) in [5.74, 6) is -0.622. The zero-order valence-electron chi connectivity index (χ0n) is 7.64. The van der Waals surface area contributed by atoms with Crippen LogP contribution in [0, 0.1) is 0 Å². The summed E-state index contributed by atoms with van der Waals surface area (Å²) in [6.07, 6.45) is 2.03. The second-order valence-electron chi connectivity index (χ2n) is 3.03. The smallest absolute Gasteiger partial charge is 0.127 e. The van der Waals surface area contributed by atoms with E-state index in [-0.39, 0.29) is 22.8 Å². The van der Waals surface area contributed by atoms with Crippen LogP contribution in [-0.2, 0) is 0 Å². The Morgan fingerprint density at radius 3 is 2.21 bits per heavy atom. The van der Waals surface area contributed by atoms with Gasteiger partial charge in [-0.1, -0.05) is 6.08 Å². The van der Waals surface area contributed by atoms with E-state index in [9.17, 15) is 10.2 Å². The van der Waals surface area contributed by atoms with E-state index in [0.717, 1.165) is 12.1 Å². The Labute approximate surface area is 81.9 Å². The van der Waals surface area contributed by atoms with Gasteiger partial charge in [0.15, 0.2) is 0 Å². The molecule has 1 aromatic carbocycles. The van der Waals surface area contributed by atoms with Gasteiger partial charge in [-0.25, -0.2) is 0 Å². The minimum Gasteiger partial charge on any atom is -0.508 e. The molecule has 0 heterocycles. The third-order valence-electron chi connectivity index (χ3n) is 1.91. The SMILES string of the molecule is C=CC[C@@H](N)c1c(O)cc(O)cc1O. The third kappa shape index (κ3) is 1.97. The molecule has 5 N–H and O–H groups in total. The van der Waals surface area contributed by atoms with Gasteiger partial charge in [0.2, 0.25) is 0 Å². The summed E-state index contributed by atoms with van der Waals surface area (Å²) in [6.45, 7) is 3.51. The van der Waals surface area contributed by atoms with E-state index < -0.39 is 6.04 Å². The number of phenolic OH excluding ortho intramolecular Hbond substituents is 3. The first kappa shape index (κ1) is 10.4. The van der Waals surface area contributed by atoms with Gasteiger partial charge in [-0.15, -0.1) is 6.58 Å². The van der Waals surface area contributed by atoms with Gasteiger partial charge in [0.1, 0.15) is 17.2 Å². The van der Waals surface area contributed by atoms with E-state index >= 15 is 0 Å². The van der Waals surface area contributed by atoms with Crippen LogP contribution >= 0.6 is 0 Å². The van der Waals surface area contributed by atoms with E-state index in [0.29, 0.717) is 6.42 Å². The molecule has 1 rings (SSSR count). The minimum atomic E-state index is -0.520. The molecular formula is C10H13NO3. The van der Waals surface area contributed by atoms with Crippen molar-refractivity contribution < 1.29 is 15.3 Å². The first-order valence-corrected chi connectivity index (χ1v) is 4.17. The van der Waals surface area contributed by atoms with Gasteiger partial charge in [-0.3, -0.25) is 0 Å². The Balaban J connectivity index is 3.13. The largest absolute Gasteiger partial charge is 0.508 e. The van der Waals surface area contributed by atoms with Crippen LogP contribution in [0.15, 0.2) is 24.8 Å². The van der Waals surface area contributed by atoms with Gasteiger partial charge in [0.05, 0.1) is 5.56 Å². The van der Waals surface area contributed by atoms with Crippen molar-refractivity contribution in [3.63, 3.8) is 0 Å².